The third-order valence-electron chi connectivity index (χ3n) is 1.12. The molecule has 4 heteroatoms. The van der Waals surface area contributed by atoms with Crippen molar-refractivity contribution in [1.29, 1.82) is 0 Å². The van der Waals surface area contributed by atoms with Crippen LogP contribution in [-0.2, 0) is 4.74 Å². The fourth-order valence-electron chi connectivity index (χ4n) is 0.566. The van der Waals surface area contributed by atoms with E-state index in [1.807, 2.05) is 20.8 Å². The zero-order valence-electron chi connectivity index (χ0n) is 8.18. The monoisotopic (exact) mass is 174 g/mol. The van der Waals surface area contributed by atoms with Crippen molar-refractivity contribution in [2.24, 2.45) is 5.73 Å². The van der Waals surface area contributed by atoms with Crippen LogP contribution in [0.15, 0.2) is 0 Å². The molecule has 0 heterocycles. The summed E-state index contributed by atoms with van der Waals surface area (Å²) in [6, 6.07) is 0. The topological polar surface area (TPSA) is 64.3 Å². The minimum absolute atomic E-state index is 0.229. The summed E-state index contributed by atoms with van der Waals surface area (Å²) in [6.45, 7) is 7.77. The molecule has 72 valence electrons. The molecule has 0 bridgehead atoms. The number of ether oxygens (including phenoxy) is 1. The molecule has 0 spiro atoms. The van der Waals surface area contributed by atoms with Crippen LogP contribution in [0, 0.1) is 0 Å². The van der Waals surface area contributed by atoms with Crippen LogP contribution in [0.25, 0.3) is 0 Å². The van der Waals surface area contributed by atoms with E-state index in [0.717, 1.165) is 0 Å². The Morgan fingerprint density at radius 2 is 2.08 bits per heavy atom. The van der Waals surface area contributed by atoms with E-state index in [4.69, 9.17) is 10.5 Å². The summed E-state index contributed by atoms with van der Waals surface area (Å²) in [7, 11) is 0. The molecule has 1 amide bonds. The second-order valence-corrected chi connectivity index (χ2v) is 3.83. The molecule has 1 atom stereocenters. The van der Waals surface area contributed by atoms with Gasteiger partial charge >= 0.3 is 6.09 Å². The maximum Gasteiger partial charge on any atom is 0.407 e. The highest BCUT2D eigenvalue weighted by Gasteiger charge is 2.15. The molecule has 4 nitrogen and oxygen atoms in total. The van der Waals surface area contributed by atoms with Gasteiger partial charge in [0, 0.05) is 12.1 Å². The molecule has 0 saturated heterocycles. The largest absolute Gasteiger partial charge is 0.445 e. The molecule has 12 heavy (non-hydrogen) atoms. The van der Waals surface area contributed by atoms with Crippen molar-refractivity contribution in [3.63, 3.8) is 0 Å². The Morgan fingerprint density at radius 3 is 2.42 bits per heavy atom. The van der Waals surface area contributed by atoms with Gasteiger partial charge in [-0.05, 0) is 27.7 Å². The molecule has 0 aromatic rings. The van der Waals surface area contributed by atoms with Gasteiger partial charge in [0.1, 0.15) is 6.10 Å². The van der Waals surface area contributed by atoms with E-state index >= 15 is 0 Å². The first kappa shape index (κ1) is 11.2. The van der Waals surface area contributed by atoms with Gasteiger partial charge in [0.05, 0.1) is 0 Å². The van der Waals surface area contributed by atoms with E-state index in [2.05, 4.69) is 5.32 Å². The smallest absolute Gasteiger partial charge is 0.407 e. The van der Waals surface area contributed by atoms with E-state index < -0.39 is 6.09 Å². The number of nitrogens with two attached hydrogens (primary N) is 1. The first-order valence-corrected chi connectivity index (χ1v) is 4.04. The quantitative estimate of drug-likeness (QED) is 0.652. The number of alkyl carbamates (subject to hydrolysis) is 1. The zero-order valence-corrected chi connectivity index (χ0v) is 8.18. The van der Waals surface area contributed by atoms with Crippen LogP contribution in [0.5, 0.6) is 0 Å². The molecule has 0 aliphatic heterocycles. The number of amides is 1. The molecule has 0 aliphatic rings. The number of carbonyl (C=O) groups excluding carboxylic acids is 1. The summed E-state index contributed by atoms with van der Waals surface area (Å²) in [4.78, 5) is 11.0. The second-order valence-electron chi connectivity index (χ2n) is 3.83. The SMILES string of the molecule is C[C@H](CN)OC(=O)NC(C)(C)C. The number of carbonyl (C=O) groups is 1. The summed E-state index contributed by atoms with van der Waals surface area (Å²) < 4.78 is 4.90. The number of nitrogens with one attached hydrogen (secondary N) is 1. The van der Waals surface area contributed by atoms with Crippen molar-refractivity contribution in [2.75, 3.05) is 6.54 Å². The van der Waals surface area contributed by atoms with Crippen LogP contribution >= 0.6 is 0 Å². The molecule has 0 radical (unpaired) electrons. The van der Waals surface area contributed by atoms with E-state index in [0.29, 0.717) is 6.54 Å². The zero-order chi connectivity index (χ0) is 9.78. The Kier molecular flexibility index (Phi) is 4.03. The van der Waals surface area contributed by atoms with Crippen LogP contribution in [-0.4, -0.2) is 24.3 Å². The van der Waals surface area contributed by atoms with Gasteiger partial charge in [0.25, 0.3) is 0 Å². The van der Waals surface area contributed by atoms with Crippen LogP contribution in [0.1, 0.15) is 27.7 Å². The van der Waals surface area contributed by atoms with E-state index in [-0.39, 0.29) is 11.6 Å². The molecule has 0 aliphatic carbocycles. The summed E-state index contributed by atoms with van der Waals surface area (Å²) >= 11 is 0. The minimum Gasteiger partial charge on any atom is -0.445 e. The lowest BCUT2D eigenvalue weighted by Crippen LogP contribution is -2.42. The first-order valence-electron chi connectivity index (χ1n) is 4.04. The van der Waals surface area contributed by atoms with Gasteiger partial charge < -0.3 is 15.8 Å². The van der Waals surface area contributed by atoms with E-state index in [9.17, 15) is 4.79 Å². The van der Waals surface area contributed by atoms with Crippen molar-refractivity contribution in [3.8, 4) is 0 Å². The average molecular weight is 174 g/mol. The van der Waals surface area contributed by atoms with Crippen molar-refractivity contribution in [1.82, 2.24) is 5.32 Å². The van der Waals surface area contributed by atoms with Crippen molar-refractivity contribution in [2.45, 2.75) is 39.3 Å². The Balaban J connectivity index is 3.75. The van der Waals surface area contributed by atoms with Crippen molar-refractivity contribution in [3.05, 3.63) is 0 Å². The summed E-state index contributed by atoms with van der Waals surface area (Å²) in [6.07, 6.45) is -0.646. The van der Waals surface area contributed by atoms with Gasteiger partial charge in [-0.3, -0.25) is 0 Å². The lowest BCUT2D eigenvalue weighted by atomic mass is 10.1. The Hall–Kier alpha value is -0.770. The van der Waals surface area contributed by atoms with Crippen LogP contribution < -0.4 is 11.1 Å². The number of rotatable bonds is 2. The summed E-state index contributed by atoms with van der Waals surface area (Å²) in [5, 5.41) is 2.67. The number of hydrogen-bond donors (Lipinski definition) is 2. The van der Waals surface area contributed by atoms with Crippen LogP contribution in [0.4, 0.5) is 4.79 Å². The Labute approximate surface area is 73.5 Å². The predicted molar refractivity (Wildman–Crippen MR) is 47.9 cm³/mol. The fraction of sp³-hybridized carbons (Fsp3) is 0.875. The van der Waals surface area contributed by atoms with Gasteiger partial charge in [-0.15, -0.1) is 0 Å². The van der Waals surface area contributed by atoms with E-state index in [1.165, 1.54) is 0 Å². The average Bonchev–Trinajstić information content (AvgIpc) is 1.82. The van der Waals surface area contributed by atoms with E-state index in [1.54, 1.807) is 6.92 Å². The predicted octanol–water partition coefficient (Wildman–Crippen LogP) is 0.858. The summed E-state index contributed by atoms with van der Waals surface area (Å²) in [5.41, 5.74) is 5.02. The first-order chi connectivity index (χ1) is 5.35. The van der Waals surface area contributed by atoms with Crippen molar-refractivity contribution >= 4 is 6.09 Å². The lowest BCUT2D eigenvalue weighted by molar-refractivity contribution is 0.104. The standard InChI is InChI=1S/C8H18N2O2/c1-6(5-9)12-7(11)10-8(2,3)4/h6H,5,9H2,1-4H3,(H,10,11)/t6-/m1/s1. The molecule has 0 aromatic carbocycles. The highest BCUT2D eigenvalue weighted by molar-refractivity contribution is 5.68. The third kappa shape index (κ3) is 5.97. The molecule has 3 N–H and O–H groups in total. The normalized spacial score (nSPS) is 13.8. The molecule has 0 rings (SSSR count). The molecule has 0 aromatic heterocycles. The molecule has 0 unspecified atom stereocenters. The Morgan fingerprint density at radius 1 is 1.58 bits per heavy atom. The maximum absolute atomic E-state index is 11.0. The highest BCUT2D eigenvalue weighted by atomic mass is 16.6. The van der Waals surface area contributed by atoms with Gasteiger partial charge in [-0.2, -0.15) is 0 Å². The van der Waals surface area contributed by atoms with Gasteiger partial charge in [-0.25, -0.2) is 4.79 Å². The summed E-state index contributed by atoms with van der Waals surface area (Å²) in [5.74, 6) is 0. The molecular weight excluding hydrogens is 156 g/mol. The van der Waals surface area contributed by atoms with Crippen molar-refractivity contribution < 1.29 is 9.53 Å². The lowest BCUT2D eigenvalue weighted by Gasteiger charge is -2.21. The second kappa shape index (κ2) is 4.30. The molecule has 0 saturated carbocycles. The maximum atomic E-state index is 11.0. The minimum atomic E-state index is -0.416. The third-order valence-corrected chi connectivity index (χ3v) is 1.12. The molecular formula is C8H18N2O2. The Bertz CT molecular complexity index is 152. The fourth-order valence-corrected chi connectivity index (χ4v) is 0.566. The van der Waals surface area contributed by atoms with Crippen LogP contribution in [0.3, 0.4) is 0 Å². The van der Waals surface area contributed by atoms with Gasteiger partial charge in [-0.1, -0.05) is 0 Å². The van der Waals surface area contributed by atoms with Gasteiger partial charge in [0.2, 0.25) is 0 Å². The highest BCUT2D eigenvalue weighted by Crippen LogP contribution is 1.99. The molecule has 0 fully saturated rings. The van der Waals surface area contributed by atoms with Crippen LogP contribution in [0.2, 0.25) is 0 Å². The van der Waals surface area contributed by atoms with Gasteiger partial charge in [0.15, 0.2) is 0 Å². The number of hydrogen-bond acceptors (Lipinski definition) is 3.